The first-order valence-electron chi connectivity index (χ1n) is 6.94. The van der Waals surface area contributed by atoms with E-state index >= 15 is 0 Å². The standard InChI is InChI=1S/C13H11F6NO6S/c14-12(15,16)10(25)6(8(21)22)5(4-2-1-3-27-4)7(9(23)24)11(26,20-10)13(17,18)19/h1-3,5-7,20,25-26H,(H,21,22)(H,23,24). The first kappa shape index (κ1) is 21.4. The molecule has 1 saturated heterocycles. The van der Waals surface area contributed by atoms with Gasteiger partial charge in [-0.2, -0.15) is 26.3 Å². The van der Waals surface area contributed by atoms with Crippen molar-refractivity contribution in [1.29, 1.82) is 0 Å². The van der Waals surface area contributed by atoms with Crippen LogP contribution in [0.5, 0.6) is 0 Å². The van der Waals surface area contributed by atoms with Gasteiger partial charge in [-0.1, -0.05) is 6.07 Å². The van der Waals surface area contributed by atoms with Crippen molar-refractivity contribution >= 4 is 23.3 Å². The molecule has 4 atom stereocenters. The monoisotopic (exact) mass is 423 g/mol. The van der Waals surface area contributed by atoms with E-state index in [1.807, 2.05) is 0 Å². The summed E-state index contributed by atoms with van der Waals surface area (Å²) in [6.07, 6.45) is -12.0. The number of nitrogens with one attached hydrogen (secondary N) is 1. The molecule has 1 aromatic heterocycles. The van der Waals surface area contributed by atoms with E-state index in [0.29, 0.717) is 16.7 Å². The number of piperidine rings is 1. The van der Waals surface area contributed by atoms with Crippen molar-refractivity contribution in [2.75, 3.05) is 0 Å². The molecule has 1 aliphatic rings. The van der Waals surface area contributed by atoms with Crippen LogP contribution in [-0.2, 0) is 9.59 Å². The molecule has 0 aliphatic carbocycles. The molecule has 27 heavy (non-hydrogen) atoms. The molecule has 5 N–H and O–H groups in total. The number of thiophene rings is 1. The Kier molecular flexibility index (Phi) is 5.01. The molecule has 7 nitrogen and oxygen atoms in total. The van der Waals surface area contributed by atoms with E-state index in [4.69, 9.17) is 0 Å². The van der Waals surface area contributed by atoms with Crippen molar-refractivity contribution in [2.24, 2.45) is 11.8 Å². The summed E-state index contributed by atoms with van der Waals surface area (Å²) in [5.41, 5.74) is -9.55. The minimum absolute atomic E-state index is 0.445. The van der Waals surface area contributed by atoms with Gasteiger partial charge in [0.2, 0.25) is 11.4 Å². The quantitative estimate of drug-likeness (QED) is 0.465. The maximum Gasteiger partial charge on any atom is 0.432 e. The van der Waals surface area contributed by atoms with Gasteiger partial charge < -0.3 is 20.4 Å². The summed E-state index contributed by atoms with van der Waals surface area (Å²) in [5.74, 6) is -13.6. The Morgan fingerprint density at radius 2 is 1.37 bits per heavy atom. The minimum atomic E-state index is -6.01. The van der Waals surface area contributed by atoms with Crippen LogP contribution in [0.4, 0.5) is 26.3 Å². The molecule has 152 valence electrons. The van der Waals surface area contributed by atoms with Gasteiger partial charge in [-0.3, -0.25) is 9.59 Å². The lowest BCUT2D eigenvalue weighted by molar-refractivity contribution is -0.375. The van der Waals surface area contributed by atoms with Crippen LogP contribution in [0.1, 0.15) is 10.8 Å². The molecule has 0 radical (unpaired) electrons. The number of aliphatic carboxylic acids is 2. The number of carbonyl (C=O) groups is 2. The van der Waals surface area contributed by atoms with Crippen LogP contribution in [0.15, 0.2) is 17.5 Å². The van der Waals surface area contributed by atoms with Gasteiger partial charge in [0.15, 0.2) is 0 Å². The van der Waals surface area contributed by atoms with Crippen molar-refractivity contribution in [1.82, 2.24) is 5.32 Å². The van der Waals surface area contributed by atoms with E-state index < -0.39 is 58.4 Å². The van der Waals surface area contributed by atoms with Crippen LogP contribution in [0, 0.1) is 11.8 Å². The van der Waals surface area contributed by atoms with Gasteiger partial charge in [0.1, 0.15) is 11.8 Å². The average molecular weight is 423 g/mol. The Bertz CT molecular complexity index is 693. The second-order valence-corrected chi connectivity index (χ2v) is 6.81. The highest BCUT2D eigenvalue weighted by Gasteiger charge is 2.78. The maximum absolute atomic E-state index is 13.4. The number of halogens is 6. The third kappa shape index (κ3) is 3.15. The fourth-order valence-electron chi connectivity index (χ4n) is 3.13. The number of hydrogen-bond donors (Lipinski definition) is 5. The molecule has 0 bridgehead atoms. The summed E-state index contributed by atoms with van der Waals surface area (Å²) in [6, 6.07) is 2.05. The Hall–Kier alpha value is -1.90. The van der Waals surface area contributed by atoms with Gasteiger partial charge in [-0.05, 0) is 11.4 Å². The summed E-state index contributed by atoms with van der Waals surface area (Å²) in [6.45, 7) is 0. The molecule has 0 amide bonds. The molecular weight excluding hydrogens is 412 g/mol. The highest BCUT2D eigenvalue weighted by atomic mass is 32.1. The predicted octanol–water partition coefficient (Wildman–Crippen LogP) is 1.34. The highest BCUT2D eigenvalue weighted by molar-refractivity contribution is 7.10. The van der Waals surface area contributed by atoms with Crippen LogP contribution in [0.3, 0.4) is 0 Å². The summed E-state index contributed by atoms with van der Waals surface area (Å²) in [4.78, 5) is 22.5. The molecule has 1 fully saturated rings. The van der Waals surface area contributed by atoms with E-state index in [0.717, 1.165) is 17.5 Å². The summed E-state index contributed by atoms with van der Waals surface area (Å²) in [7, 11) is 0. The normalized spacial score (nSPS) is 35.0. The van der Waals surface area contributed by atoms with Crippen LogP contribution < -0.4 is 5.32 Å². The minimum Gasteiger partial charge on any atom is -0.481 e. The van der Waals surface area contributed by atoms with Crippen molar-refractivity contribution in [2.45, 2.75) is 29.7 Å². The molecule has 4 unspecified atom stereocenters. The van der Waals surface area contributed by atoms with Gasteiger partial charge >= 0.3 is 24.3 Å². The molecule has 0 spiro atoms. The zero-order chi connectivity index (χ0) is 21.0. The van der Waals surface area contributed by atoms with Crippen molar-refractivity contribution < 1.29 is 56.4 Å². The number of aliphatic hydroxyl groups is 2. The van der Waals surface area contributed by atoms with E-state index in [9.17, 15) is 56.4 Å². The fourth-order valence-corrected chi connectivity index (χ4v) is 4.03. The lowest BCUT2D eigenvalue weighted by Crippen LogP contribution is -2.81. The summed E-state index contributed by atoms with van der Waals surface area (Å²) in [5, 5.41) is 39.9. The average Bonchev–Trinajstić information content (AvgIpc) is 2.96. The molecular formula is C13H11F6NO6S. The first-order valence-corrected chi connectivity index (χ1v) is 7.82. The van der Waals surface area contributed by atoms with Gasteiger partial charge in [-0.15, -0.1) is 11.3 Å². The summed E-state index contributed by atoms with van der Waals surface area (Å²) < 4.78 is 80.5. The maximum atomic E-state index is 13.4. The number of carboxylic acids is 2. The van der Waals surface area contributed by atoms with E-state index in [2.05, 4.69) is 0 Å². The molecule has 1 aromatic rings. The molecule has 14 heteroatoms. The zero-order valence-corrected chi connectivity index (χ0v) is 13.6. The van der Waals surface area contributed by atoms with Crippen molar-refractivity contribution in [3.63, 3.8) is 0 Å². The molecule has 1 aliphatic heterocycles. The second kappa shape index (κ2) is 6.32. The third-order valence-electron chi connectivity index (χ3n) is 4.27. The second-order valence-electron chi connectivity index (χ2n) is 5.83. The third-order valence-corrected chi connectivity index (χ3v) is 5.24. The smallest absolute Gasteiger partial charge is 0.432 e. The van der Waals surface area contributed by atoms with E-state index in [1.165, 1.54) is 0 Å². The van der Waals surface area contributed by atoms with Crippen LogP contribution in [-0.4, -0.2) is 56.2 Å². The fraction of sp³-hybridized carbons (Fsp3) is 0.538. The molecule has 0 saturated carbocycles. The lowest BCUT2D eigenvalue weighted by Gasteiger charge is -2.53. The van der Waals surface area contributed by atoms with Gasteiger partial charge in [0, 0.05) is 10.8 Å². The van der Waals surface area contributed by atoms with E-state index in [1.54, 1.807) is 0 Å². The first-order chi connectivity index (χ1) is 12.1. The Labute approximate surface area is 149 Å². The largest absolute Gasteiger partial charge is 0.481 e. The molecule has 0 aromatic carbocycles. The molecule has 2 rings (SSSR count). The number of rotatable bonds is 3. The highest BCUT2D eigenvalue weighted by Crippen LogP contribution is 2.55. The van der Waals surface area contributed by atoms with Gasteiger partial charge in [-0.25, -0.2) is 5.32 Å². The Balaban J connectivity index is 2.88. The van der Waals surface area contributed by atoms with Gasteiger partial charge in [0.05, 0.1) is 0 Å². The summed E-state index contributed by atoms with van der Waals surface area (Å²) >= 11 is 0.483. The van der Waals surface area contributed by atoms with Gasteiger partial charge in [0.25, 0.3) is 0 Å². The Morgan fingerprint density at radius 3 is 1.63 bits per heavy atom. The van der Waals surface area contributed by atoms with Crippen LogP contribution in [0.2, 0.25) is 0 Å². The lowest BCUT2D eigenvalue weighted by atomic mass is 9.66. The predicted molar refractivity (Wildman–Crippen MR) is 74.5 cm³/mol. The van der Waals surface area contributed by atoms with Crippen LogP contribution >= 0.6 is 11.3 Å². The number of carboxylic acid groups (broad SMARTS) is 2. The number of hydrogen-bond acceptors (Lipinski definition) is 6. The van der Waals surface area contributed by atoms with Crippen LogP contribution in [0.25, 0.3) is 0 Å². The van der Waals surface area contributed by atoms with Crippen molar-refractivity contribution in [3.05, 3.63) is 22.4 Å². The zero-order valence-electron chi connectivity index (χ0n) is 12.7. The molecule has 2 heterocycles. The SMILES string of the molecule is O=C(O)C1C(c2cccs2)C(C(=O)O)C(O)(C(F)(F)F)NC1(O)C(F)(F)F. The van der Waals surface area contributed by atoms with Crippen molar-refractivity contribution in [3.8, 4) is 0 Å². The topological polar surface area (TPSA) is 127 Å². The number of alkyl halides is 6. The van der Waals surface area contributed by atoms with E-state index in [-0.39, 0.29) is 0 Å². The Morgan fingerprint density at radius 1 is 0.963 bits per heavy atom.